The lowest BCUT2D eigenvalue weighted by molar-refractivity contribution is 0.181. The van der Waals surface area contributed by atoms with Gasteiger partial charge in [0, 0.05) is 19.0 Å². The predicted molar refractivity (Wildman–Crippen MR) is 80.2 cm³/mol. The molecule has 0 bridgehead atoms. The van der Waals surface area contributed by atoms with Crippen LogP contribution in [-0.4, -0.2) is 38.7 Å². The molecule has 1 aromatic carbocycles. The molecule has 20 heavy (non-hydrogen) atoms. The molecule has 0 aromatic heterocycles. The first kappa shape index (κ1) is 15.1. The minimum absolute atomic E-state index is 0.221. The normalized spacial score (nSPS) is 20.8. The van der Waals surface area contributed by atoms with Crippen LogP contribution in [0, 0.1) is 12.8 Å². The molecular formula is C14H22N2O3S. The first-order chi connectivity index (χ1) is 9.36. The zero-order valence-corrected chi connectivity index (χ0v) is 12.8. The second-order valence-corrected chi connectivity index (χ2v) is 7.46. The Labute approximate surface area is 120 Å². The summed E-state index contributed by atoms with van der Waals surface area (Å²) < 4.78 is 30.4. The Morgan fingerprint density at radius 3 is 2.85 bits per heavy atom. The summed E-state index contributed by atoms with van der Waals surface area (Å²) in [6, 6.07) is 5.69. The molecule has 1 fully saturated rings. The molecule has 5 nitrogen and oxygen atoms in total. The van der Waals surface area contributed by atoms with Crippen LogP contribution in [0.5, 0.6) is 5.75 Å². The fourth-order valence-electron chi connectivity index (χ4n) is 2.47. The Morgan fingerprint density at radius 1 is 1.45 bits per heavy atom. The van der Waals surface area contributed by atoms with Crippen LogP contribution < -0.4 is 10.5 Å². The van der Waals surface area contributed by atoms with Crippen molar-refractivity contribution in [1.29, 1.82) is 0 Å². The summed E-state index contributed by atoms with van der Waals surface area (Å²) in [4.78, 5) is 0. The van der Waals surface area contributed by atoms with Crippen molar-refractivity contribution in [1.82, 2.24) is 4.31 Å². The van der Waals surface area contributed by atoms with Crippen molar-refractivity contribution < 1.29 is 13.2 Å². The number of ether oxygens (including phenoxy) is 1. The number of hydrogen-bond acceptors (Lipinski definition) is 4. The van der Waals surface area contributed by atoms with Gasteiger partial charge in [0.1, 0.15) is 5.75 Å². The average molecular weight is 298 g/mol. The van der Waals surface area contributed by atoms with Crippen LogP contribution in [0.1, 0.15) is 18.4 Å². The van der Waals surface area contributed by atoms with Gasteiger partial charge in [-0.05, 0) is 37.5 Å². The lowest BCUT2D eigenvalue weighted by Crippen LogP contribution is -2.40. The zero-order chi connectivity index (χ0) is 14.8. The van der Waals surface area contributed by atoms with Crippen molar-refractivity contribution >= 4 is 15.7 Å². The quantitative estimate of drug-likeness (QED) is 0.858. The van der Waals surface area contributed by atoms with Gasteiger partial charge in [-0.25, -0.2) is 12.7 Å². The minimum atomic E-state index is -3.10. The molecule has 1 aliphatic heterocycles. The van der Waals surface area contributed by atoms with Crippen LogP contribution >= 0.6 is 0 Å². The van der Waals surface area contributed by atoms with E-state index in [2.05, 4.69) is 0 Å². The van der Waals surface area contributed by atoms with E-state index in [0.29, 0.717) is 31.1 Å². The molecule has 0 saturated carbocycles. The van der Waals surface area contributed by atoms with Crippen molar-refractivity contribution in [3.8, 4) is 5.75 Å². The van der Waals surface area contributed by atoms with E-state index < -0.39 is 10.0 Å². The molecule has 6 heteroatoms. The number of anilines is 1. The summed E-state index contributed by atoms with van der Waals surface area (Å²) in [5, 5.41) is 0. The Kier molecular flexibility index (Phi) is 4.55. The van der Waals surface area contributed by atoms with Gasteiger partial charge in [-0.3, -0.25) is 0 Å². The second kappa shape index (κ2) is 6.01. The van der Waals surface area contributed by atoms with Crippen LogP contribution in [-0.2, 0) is 10.0 Å². The highest BCUT2D eigenvalue weighted by Gasteiger charge is 2.26. The minimum Gasteiger partial charge on any atom is -0.491 e. The van der Waals surface area contributed by atoms with E-state index in [4.69, 9.17) is 10.5 Å². The van der Waals surface area contributed by atoms with E-state index in [1.165, 1.54) is 10.6 Å². The van der Waals surface area contributed by atoms with Crippen LogP contribution in [0.15, 0.2) is 18.2 Å². The third-order valence-corrected chi connectivity index (χ3v) is 4.86. The fraction of sp³-hybridized carbons (Fsp3) is 0.571. The third kappa shape index (κ3) is 3.86. The van der Waals surface area contributed by atoms with Gasteiger partial charge in [0.05, 0.1) is 18.6 Å². The van der Waals surface area contributed by atoms with Gasteiger partial charge >= 0.3 is 0 Å². The summed E-state index contributed by atoms with van der Waals surface area (Å²) in [6.07, 6.45) is 3.12. The van der Waals surface area contributed by atoms with Crippen LogP contribution in [0.2, 0.25) is 0 Å². The number of rotatable bonds is 4. The maximum atomic E-state index is 11.6. The van der Waals surface area contributed by atoms with Crippen molar-refractivity contribution in [2.75, 3.05) is 31.7 Å². The van der Waals surface area contributed by atoms with Gasteiger partial charge < -0.3 is 10.5 Å². The lowest BCUT2D eigenvalue weighted by Gasteiger charge is -2.30. The molecule has 0 aliphatic carbocycles. The van der Waals surface area contributed by atoms with E-state index in [9.17, 15) is 8.42 Å². The van der Waals surface area contributed by atoms with Crippen molar-refractivity contribution in [2.24, 2.45) is 5.92 Å². The van der Waals surface area contributed by atoms with Crippen LogP contribution in [0.4, 0.5) is 5.69 Å². The topological polar surface area (TPSA) is 72.6 Å². The smallest absolute Gasteiger partial charge is 0.211 e. The van der Waals surface area contributed by atoms with Crippen LogP contribution in [0.3, 0.4) is 0 Å². The third-order valence-electron chi connectivity index (χ3n) is 3.59. The summed E-state index contributed by atoms with van der Waals surface area (Å²) >= 11 is 0. The van der Waals surface area contributed by atoms with Gasteiger partial charge in [0.15, 0.2) is 0 Å². The van der Waals surface area contributed by atoms with E-state index in [1.807, 2.05) is 25.1 Å². The number of nitrogens with two attached hydrogens (primary N) is 1. The first-order valence-electron chi connectivity index (χ1n) is 6.80. The summed E-state index contributed by atoms with van der Waals surface area (Å²) in [5.41, 5.74) is 7.62. The van der Waals surface area contributed by atoms with E-state index >= 15 is 0 Å². The molecule has 0 amide bonds. The number of benzene rings is 1. The molecule has 0 spiro atoms. The standard InChI is InChI=1S/C14H22N2O3S/c1-11-5-6-14(13(15)8-11)19-10-12-4-3-7-16(9-12)20(2,17)18/h5-6,8,12H,3-4,7,9-10,15H2,1-2H3. The maximum Gasteiger partial charge on any atom is 0.211 e. The number of nitrogens with zero attached hydrogens (tertiary/aromatic N) is 1. The average Bonchev–Trinajstić information content (AvgIpc) is 2.37. The molecule has 2 rings (SSSR count). The zero-order valence-electron chi connectivity index (χ0n) is 12.0. The summed E-state index contributed by atoms with van der Waals surface area (Å²) in [6.45, 7) is 3.62. The van der Waals surface area contributed by atoms with Gasteiger partial charge in [0.25, 0.3) is 0 Å². The number of aryl methyl sites for hydroxylation is 1. The number of sulfonamides is 1. The molecule has 1 unspecified atom stereocenters. The highest BCUT2D eigenvalue weighted by Crippen LogP contribution is 2.25. The largest absolute Gasteiger partial charge is 0.491 e. The van der Waals surface area contributed by atoms with Gasteiger partial charge in [-0.2, -0.15) is 0 Å². The van der Waals surface area contributed by atoms with Crippen molar-refractivity contribution in [3.05, 3.63) is 23.8 Å². The van der Waals surface area contributed by atoms with Crippen molar-refractivity contribution in [2.45, 2.75) is 19.8 Å². The molecule has 1 saturated heterocycles. The number of hydrogen-bond donors (Lipinski definition) is 1. The lowest BCUT2D eigenvalue weighted by atomic mass is 10.0. The maximum absolute atomic E-state index is 11.6. The van der Waals surface area contributed by atoms with Gasteiger partial charge in [-0.15, -0.1) is 0 Å². The van der Waals surface area contributed by atoms with E-state index in [0.717, 1.165) is 18.4 Å². The van der Waals surface area contributed by atoms with Crippen LogP contribution in [0.25, 0.3) is 0 Å². The molecule has 1 atom stereocenters. The molecule has 1 heterocycles. The van der Waals surface area contributed by atoms with E-state index in [1.54, 1.807) is 0 Å². The Hall–Kier alpha value is -1.27. The first-order valence-corrected chi connectivity index (χ1v) is 8.65. The molecule has 1 aliphatic rings. The molecule has 1 aromatic rings. The summed E-state index contributed by atoms with van der Waals surface area (Å²) in [7, 11) is -3.10. The predicted octanol–water partition coefficient (Wildman–Crippen LogP) is 1.63. The van der Waals surface area contributed by atoms with Gasteiger partial charge in [-0.1, -0.05) is 6.07 Å². The molecule has 112 valence electrons. The summed E-state index contributed by atoms with van der Waals surface area (Å²) in [5.74, 6) is 0.895. The Morgan fingerprint density at radius 2 is 2.20 bits per heavy atom. The Balaban J connectivity index is 1.94. The van der Waals surface area contributed by atoms with Crippen molar-refractivity contribution in [3.63, 3.8) is 0 Å². The molecule has 0 radical (unpaired) electrons. The second-order valence-electron chi connectivity index (χ2n) is 5.48. The van der Waals surface area contributed by atoms with E-state index in [-0.39, 0.29) is 5.92 Å². The fourth-order valence-corrected chi connectivity index (χ4v) is 3.41. The number of nitrogen functional groups attached to an aromatic ring is 1. The molecule has 2 N–H and O–H groups in total. The van der Waals surface area contributed by atoms with Gasteiger partial charge in [0.2, 0.25) is 10.0 Å². The Bertz CT molecular complexity index is 572. The highest BCUT2D eigenvalue weighted by atomic mass is 32.2. The highest BCUT2D eigenvalue weighted by molar-refractivity contribution is 7.88. The number of piperidine rings is 1. The monoisotopic (exact) mass is 298 g/mol. The molecular weight excluding hydrogens is 276 g/mol. The SMILES string of the molecule is Cc1ccc(OCC2CCCN(S(C)(=O)=O)C2)c(N)c1.